The highest BCUT2D eigenvalue weighted by atomic mass is 32.1. The quantitative estimate of drug-likeness (QED) is 0.870. The van der Waals surface area contributed by atoms with Crippen molar-refractivity contribution < 1.29 is 0 Å². The lowest BCUT2D eigenvalue weighted by atomic mass is 9.86. The predicted octanol–water partition coefficient (Wildman–Crippen LogP) is 4.78. The highest BCUT2D eigenvalue weighted by Gasteiger charge is 2.21. The molecule has 0 amide bonds. The molecule has 3 nitrogen and oxygen atoms in total. The number of hydrogen-bond acceptors (Lipinski definition) is 3. The summed E-state index contributed by atoms with van der Waals surface area (Å²) >= 11 is 1.36. The maximum Gasteiger partial charge on any atom is 0.305 e. The molecule has 4 heteroatoms. The van der Waals surface area contributed by atoms with Gasteiger partial charge in [-0.25, -0.2) is 0 Å². The molecule has 2 heterocycles. The molecule has 0 radical (unpaired) electrons. The van der Waals surface area contributed by atoms with Crippen LogP contribution in [-0.4, -0.2) is 22.5 Å². The van der Waals surface area contributed by atoms with Gasteiger partial charge in [0.25, 0.3) is 0 Å². The molecule has 1 aliphatic heterocycles. The smallest absolute Gasteiger partial charge is 0.305 e. The number of aromatic amines is 1. The molecule has 1 fully saturated rings. The lowest BCUT2D eigenvalue weighted by molar-refractivity contribution is 0.154. The van der Waals surface area contributed by atoms with E-state index in [4.69, 9.17) is 0 Å². The van der Waals surface area contributed by atoms with Crippen LogP contribution in [0.3, 0.4) is 0 Å². The molecule has 0 saturated carbocycles. The van der Waals surface area contributed by atoms with Crippen molar-refractivity contribution in [2.75, 3.05) is 6.54 Å². The summed E-state index contributed by atoms with van der Waals surface area (Å²) in [6.45, 7) is 11.0. The maximum atomic E-state index is 12.0. The Bertz CT molecular complexity index is 736. The lowest BCUT2D eigenvalue weighted by Gasteiger charge is -2.33. The average molecular weight is 345 g/mol. The van der Waals surface area contributed by atoms with Crippen molar-refractivity contribution in [1.29, 1.82) is 0 Å². The zero-order valence-electron chi connectivity index (χ0n) is 15.2. The fourth-order valence-corrected chi connectivity index (χ4v) is 4.30. The van der Waals surface area contributed by atoms with Gasteiger partial charge in [-0.3, -0.25) is 9.69 Å². The number of likely N-dealkylation sites (tertiary alicyclic amines) is 1. The third-order valence-electron chi connectivity index (χ3n) is 5.05. The van der Waals surface area contributed by atoms with E-state index >= 15 is 0 Å². The summed E-state index contributed by atoms with van der Waals surface area (Å²) in [6, 6.07) is 9.24. The van der Waals surface area contributed by atoms with Crippen molar-refractivity contribution >= 4 is 11.3 Å². The highest BCUT2D eigenvalue weighted by Crippen LogP contribution is 2.29. The predicted molar refractivity (Wildman–Crippen MR) is 103 cm³/mol. The van der Waals surface area contributed by atoms with Crippen LogP contribution < -0.4 is 4.87 Å². The van der Waals surface area contributed by atoms with Gasteiger partial charge in [0.15, 0.2) is 0 Å². The van der Waals surface area contributed by atoms with E-state index in [2.05, 4.69) is 61.8 Å². The van der Waals surface area contributed by atoms with Crippen molar-refractivity contribution in [2.24, 2.45) is 0 Å². The second kappa shape index (κ2) is 6.85. The normalized spacial score (nSPS) is 19.6. The van der Waals surface area contributed by atoms with Gasteiger partial charge in [0.1, 0.15) is 0 Å². The molecular weight excluding hydrogens is 316 g/mol. The number of hydrogen-bond donors (Lipinski definition) is 1. The van der Waals surface area contributed by atoms with Gasteiger partial charge in [0.2, 0.25) is 0 Å². The van der Waals surface area contributed by atoms with Gasteiger partial charge in [0.05, 0.1) is 5.69 Å². The summed E-state index contributed by atoms with van der Waals surface area (Å²) in [4.78, 5) is 18.8. The number of rotatable bonds is 3. The van der Waals surface area contributed by atoms with E-state index in [0.717, 1.165) is 29.2 Å². The summed E-state index contributed by atoms with van der Waals surface area (Å²) in [5.74, 6) is 0. The van der Waals surface area contributed by atoms with Crippen LogP contribution in [0.2, 0.25) is 0 Å². The monoisotopic (exact) mass is 344 g/mol. The van der Waals surface area contributed by atoms with Gasteiger partial charge in [-0.1, -0.05) is 62.8 Å². The number of thiazole rings is 1. The van der Waals surface area contributed by atoms with E-state index in [0.29, 0.717) is 6.04 Å². The van der Waals surface area contributed by atoms with Gasteiger partial charge in [-0.05, 0) is 42.9 Å². The molecule has 1 aliphatic rings. The van der Waals surface area contributed by atoms with Crippen LogP contribution in [0.4, 0.5) is 0 Å². The molecule has 2 aromatic rings. The standard InChI is InChI=1S/C20H28N2OS/c1-14-7-5-6-12-22(14)13-17-18(21-19(23)24-17)15-8-10-16(11-9-15)20(2,3)4/h8-11,14H,5-7,12-13H2,1-4H3,(H,21,23). The third kappa shape index (κ3) is 3.81. The Morgan fingerprint density at radius 2 is 1.92 bits per heavy atom. The van der Waals surface area contributed by atoms with Crippen molar-refractivity contribution in [1.82, 2.24) is 9.88 Å². The molecule has 1 N–H and O–H groups in total. The highest BCUT2D eigenvalue weighted by molar-refractivity contribution is 7.09. The van der Waals surface area contributed by atoms with Crippen molar-refractivity contribution in [2.45, 2.75) is 65.0 Å². The van der Waals surface area contributed by atoms with Gasteiger partial charge in [0, 0.05) is 17.5 Å². The molecule has 1 unspecified atom stereocenters. The summed E-state index contributed by atoms with van der Waals surface area (Å²) in [7, 11) is 0. The van der Waals surface area contributed by atoms with E-state index < -0.39 is 0 Å². The van der Waals surface area contributed by atoms with E-state index in [9.17, 15) is 4.79 Å². The lowest BCUT2D eigenvalue weighted by Crippen LogP contribution is -2.36. The molecule has 0 bridgehead atoms. The second-order valence-corrected chi connectivity index (χ2v) is 9.02. The Labute approximate surface area is 148 Å². The second-order valence-electron chi connectivity index (χ2n) is 7.96. The number of H-pyrrole nitrogens is 1. The van der Waals surface area contributed by atoms with Crippen LogP contribution in [-0.2, 0) is 12.0 Å². The summed E-state index contributed by atoms with van der Waals surface area (Å²) in [5, 5.41) is 0. The van der Waals surface area contributed by atoms with Gasteiger partial charge in [-0.2, -0.15) is 0 Å². The molecule has 1 atom stereocenters. The van der Waals surface area contributed by atoms with E-state index in [1.165, 1.54) is 36.2 Å². The Balaban J connectivity index is 1.87. The molecule has 24 heavy (non-hydrogen) atoms. The Kier molecular flexibility index (Phi) is 4.97. The molecule has 130 valence electrons. The number of benzene rings is 1. The van der Waals surface area contributed by atoms with Crippen LogP contribution >= 0.6 is 11.3 Å². The molecule has 0 aliphatic carbocycles. The minimum atomic E-state index is 0.0459. The molecular formula is C20H28N2OS. The van der Waals surface area contributed by atoms with Gasteiger partial charge in [-0.15, -0.1) is 0 Å². The number of aromatic nitrogens is 1. The molecule has 0 spiro atoms. The van der Waals surface area contributed by atoms with Crippen molar-refractivity contribution in [3.05, 3.63) is 44.4 Å². The van der Waals surface area contributed by atoms with Crippen LogP contribution in [0.5, 0.6) is 0 Å². The number of nitrogens with zero attached hydrogens (tertiary/aromatic N) is 1. The Morgan fingerprint density at radius 1 is 1.21 bits per heavy atom. The summed E-state index contributed by atoms with van der Waals surface area (Å²) < 4.78 is 0. The molecule has 1 saturated heterocycles. The van der Waals surface area contributed by atoms with E-state index in [-0.39, 0.29) is 10.3 Å². The largest absolute Gasteiger partial charge is 0.312 e. The van der Waals surface area contributed by atoms with Crippen molar-refractivity contribution in [3.8, 4) is 11.3 Å². The van der Waals surface area contributed by atoms with Gasteiger partial charge < -0.3 is 4.98 Å². The molecule has 3 rings (SSSR count). The van der Waals surface area contributed by atoms with Crippen LogP contribution in [0.1, 0.15) is 57.4 Å². The zero-order valence-corrected chi connectivity index (χ0v) is 16.0. The number of nitrogens with one attached hydrogen (secondary N) is 1. The minimum Gasteiger partial charge on any atom is -0.312 e. The van der Waals surface area contributed by atoms with Crippen molar-refractivity contribution in [3.63, 3.8) is 0 Å². The average Bonchev–Trinajstić information content (AvgIpc) is 2.89. The maximum absolute atomic E-state index is 12.0. The molecule has 1 aromatic carbocycles. The Morgan fingerprint density at radius 3 is 2.54 bits per heavy atom. The summed E-state index contributed by atoms with van der Waals surface area (Å²) in [5.41, 5.74) is 3.58. The first-order chi connectivity index (χ1) is 11.3. The van der Waals surface area contributed by atoms with Gasteiger partial charge >= 0.3 is 4.87 Å². The van der Waals surface area contributed by atoms with E-state index in [1.807, 2.05) is 0 Å². The SMILES string of the molecule is CC1CCCCN1Cc1sc(=O)[nH]c1-c1ccc(C(C)(C)C)cc1. The fourth-order valence-electron chi connectivity index (χ4n) is 3.42. The first-order valence-electron chi connectivity index (χ1n) is 8.91. The van der Waals surface area contributed by atoms with E-state index in [1.54, 1.807) is 0 Å². The Hall–Kier alpha value is -1.39. The first-order valence-corrected chi connectivity index (χ1v) is 9.73. The third-order valence-corrected chi connectivity index (χ3v) is 5.92. The van der Waals surface area contributed by atoms with Crippen LogP contribution in [0.15, 0.2) is 29.1 Å². The topological polar surface area (TPSA) is 36.1 Å². The fraction of sp³-hybridized carbons (Fsp3) is 0.550. The van der Waals surface area contributed by atoms with Crippen LogP contribution in [0.25, 0.3) is 11.3 Å². The zero-order chi connectivity index (χ0) is 17.3. The minimum absolute atomic E-state index is 0.0459. The summed E-state index contributed by atoms with van der Waals surface area (Å²) in [6.07, 6.45) is 3.84. The van der Waals surface area contributed by atoms with Crippen LogP contribution in [0, 0.1) is 0 Å². The first kappa shape index (κ1) is 17.4. The number of piperidine rings is 1. The molecule has 1 aromatic heterocycles.